The highest BCUT2D eigenvalue weighted by atomic mass is 16.2. The zero-order valence-electron chi connectivity index (χ0n) is 16.4. The monoisotopic (exact) mass is 379 g/mol. The Hall–Kier alpha value is -3.15. The van der Waals surface area contributed by atoms with E-state index >= 15 is 0 Å². The molecule has 1 saturated heterocycles. The maximum atomic E-state index is 12.7. The molecule has 1 aliphatic heterocycles. The van der Waals surface area contributed by atoms with Crippen molar-refractivity contribution in [2.24, 2.45) is 0 Å². The van der Waals surface area contributed by atoms with Gasteiger partial charge < -0.3 is 10.6 Å². The smallest absolute Gasteiger partial charge is 0.324 e. The van der Waals surface area contributed by atoms with Crippen molar-refractivity contribution in [1.29, 1.82) is 0 Å². The third kappa shape index (κ3) is 4.39. The molecule has 146 valence electrons. The van der Waals surface area contributed by atoms with E-state index in [0.29, 0.717) is 11.5 Å². The van der Waals surface area contributed by atoms with Crippen LogP contribution < -0.4 is 10.6 Å². The molecule has 1 fully saturated rings. The van der Waals surface area contributed by atoms with Gasteiger partial charge in [-0.2, -0.15) is 0 Å². The van der Waals surface area contributed by atoms with Gasteiger partial charge in [-0.15, -0.1) is 0 Å². The lowest BCUT2D eigenvalue weighted by Gasteiger charge is -2.16. The lowest BCUT2D eigenvalue weighted by Crippen LogP contribution is -2.30. The molecule has 0 saturated carbocycles. The second-order valence-corrected chi connectivity index (χ2v) is 7.36. The van der Waals surface area contributed by atoms with Gasteiger partial charge in [-0.1, -0.05) is 50.2 Å². The van der Waals surface area contributed by atoms with Crippen molar-refractivity contribution >= 4 is 17.8 Å². The second kappa shape index (κ2) is 8.25. The lowest BCUT2D eigenvalue weighted by atomic mass is 9.99. The van der Waals surface area contributed by atoms with Gasteiger partial charge in [-0.25, -0.2) is 4.79 Å². The Labute approximate surface area is 164 Å². The Bertz CT molecular complexity index is 874. The average Bonchev–Trinajstić information content (AvgIpc) is 3.00. The van der Waals surface area contributed by atoms with E-state index < -0.39 is 6.03 Å². The Kier molecular flexibility index (Phi) is 5.78. The number of nitrogens with zero attached hydrogens (tertiary/aromatic N) is 1. The number of rotatable bonds is 6. The van der Waals surface area contributed by atoms with E-state index in [1.54, 1.807) is 24.3 Å². The van der Waals surface area contributed by atoms with Crippen molar-refractivity contribution in [3.05, 3.63) is 70.8 Å². The molecule has 0 aromatic heterocycles. The van der Waals surface area contributed by atoms with Crippen LogP contribution in [0.25, 0.3) is 0 Å². The van der Waals surface area contributed by atoms with Crippen LogP contribution in [0.15, 0.2) is 48.5 Å². The van der Waals surface area contributed by atoms with Crippen molar-refractivity contribution in [3.63, 3.8) is 0 Å². The average molecular weight is 379 g/mol. The Morgan fingerprint density at radius 2 is 1.75 bits per heavy atom. The molecular formula is C22H25N3O3. The number of imide groups is 1. The van der Waals surface area contributed by atoms with Gasteiger partial charge in [0.25, 0.3) is 5.91 Å². The summed E-state index contributed by atoms with van der Waals surface area (Å²) in [5.41, 5.74) is 3.52. The van der Waals surface area contributed by atoms with E-state index in [1.165, 1.54) is 5.56 Å². The normalized spacial score (nSPS) is 14.9. The molecule has 0 bridgehead atoms. The van der Waals surface area contributed by atoms with Gasteiger partial charge in [0.1, 0.15) is 0 Å². The standard InChI is InChI=1S/C22H25N3O3/c1-14(2)17-7-9-18(10-8-17)15(3)24-21(27)19-6-4-5-16(11-19)13-25-20(26)12-23-22(25)28/h4-11,14-15H,12-13H2,1-3H3,(H,23,28)(H,24,27)/t15-/m0/s1. The number of hydrogen-bond donors (Lipinski definition) is 2. The first-order valence-electron chi connectivity index (χ1n) is 9.43. The summed E-state index contributed by atoms with van der Waals surface area (Å²) < 4.78 is 0. The van der Waals surface area contributed by atoms with Gasteiger partial charge in [-0.05, 0) is 41.7 Å². The molecule has 2 aromatic carbocycles. The minimum absolute atomic E-state index is 0.0200. The number of hydrogen-bond acceptors (Lipinski definition) is 3. The minimum Gasteiger partial charge on any atom is -0.346 e. The molecule has 1 heterocycles. The lowest BCUT2D eigenvalue weighted by molar-refractivity contribution is -0.125. The fourth-order valence-electron chi connectivity index (χ4n) is 3.14. The molecule has 4 amide bonds. The summed E-state index contributed by atoms with van der Waals surface area (Å²) in [5, 5.41) is 5.49. The van der Waals surface area contributed by atoms with Gasteiger partial charge in [0, 0.05) is 5.56 Å². The SMILES string of the molecule is CC(C)c1ccc([C@H](C)NC(=O)c2cccc(CN3C(=O)CNC3=O)c2)cc1. The topological polar surface area (TPSA) is 78.5 Å². The zero-order chi connectivity index (χ0) is 20.3. The summed E-state index contributed by atoms with van der Waals surface area (Å²) in [7, 11) is 0. The first kappa shape index (κ1) is 19.6. The van der Waals surface area contributed by atoms with Crippen LogP contribution in [-0.2, 0) is 11.3 Å². The van der Waals surface area contributed by atoms with E-state index in [4.69, 9.17) is 0 Å². The summed E-state index contributed by atoms with van der Waals surface area (Å²) >= 11 is 0. The first-order valence-corrected chi connectivity index (χ1v) is 9.43. The summed E-state index contributed by atoms with van der Waals surface area (Å²) in [6.07, 6.45) is 0. The van der Waals surface area contributed by atoms with Crippen LogP contribution in [0.3, 0.4) is 0 Å². The van der Waals surface area contributed by atoms with Crippen molar-refractivity contribution in [2.75, 3.05) is 6.54 Å². The minimum atomic E-state index is -0.404. The molecule has 1 aliphatic rings. The Morgan fingerprint density at radius 1 is 1.07 bits per heavy atom. The van der Waals surface area contributed by atoms with Crippen LogP contribution in [0.4, 0.5) is 4.79 Å². The Balaban J connectivity index is 1.67. The number of urea groups is 1. The molecule has 28 heavy (non-hydrogen) atoms. The molecule has 6 nitrogen and oxygen atoms in total. The highest BCUT2D eigenvalue weighted by molar-refractivity contribution is 6.02. The Morgan fingerprint density at radius 3 is 2.36 bits per heavy atom. The van der Waals surface area contributed by atoms with Gasteiger partial charge in [0.15, 0.2) is 0 Å². The fourth-order valence-corrected chi connectivity index (χ4v) is 3.14. The summed E-state index contributed by atoms with van der Waals surface area (Å²) in [4.78, 5) is 37.2. The fraction of sp³-hybridized carbons (Fsp3) is 0.318. The van der Waals surface area contributed by atoms with Crippen molar-refractivity contribution in [2.45, 2.75) is 39.3 Å². The third-order valence-corrected chi connectivity index (χ3v) is 4.92. The predicted octanol–water partition coefficient (Wildman–Crippen LogP) is 3.35. The van der Waals surface area contributed by atoms with Crippen LogP contribution in [0.1, 0.15) is 59.8 Å². The molecule has 0 spiro atoms. The molecule has 0 aliphatic carbocycles. The van der Waals surface area contributed by atoms with Crippen molar-refractivity contribution < 1.29 is 14.4 Å². The van der Waals surface area contributed by atoms with Crippen molar-refractivity contribution in [1.82, 2.24) is 15.5 Å². The molecule has 2 N–H and O–H groups in total. The number of nitrogens with one attached hydrogen (secondary N) is 2. The van der Waals surface area contributed by atoms with Crippen LogP contribution in [0.5, 0.6) is 0 Å². The van der Waals surface area contributed by atoms with Crippen LogP contribution >= 0.6 is 0 Å². The maximum Gasteiger partial charge on any atom is 0.324 e. The first-order chi connectivity index (χ1) is 13.3. The molecule has 6 heteroatoms. The van der Waals surface area contributed by atoms with E-state index in [9.17, 15) is 14.4 Å². The largest absolute Gasteiger partial charge is 0.346 e. The van der Waals surface area contributed by atoms with Crippen LogP contribution in [0.2, 0.25) is 0 Å². The van der Waals surface area contributed by atoms with Gasteiger partial charge in [0.2, 0.25) is 5.91 Å². The summed E-state index contributed by atoms with van der Waals surface area (Å²) in [6, 6.07) is 14.7. The quantitative estimate of drug-likeness (QED) is 0.756. The van der Waals surface area contributed by atoms with Crippen molar-refractivity contribution in [3.8, 4) is 0 Å². The molecular weight excluding hydrogens is 354 g/mol. The number of amides is 4. The summed E-state index contributed by atoms with van der Waals surface area (Å²) in [5.74, 6) is 0.00376. The summed E-state index contributed by atoms with van der Waals surface area (Å²) in [6.45, 7) is 6.41. The molecule has 2 aromatic rings. The molecule has 0 radical (unpaired) electrons. The maximum absolute atomic E-state index is 12.7. The van der Waals surface area contributed by atoms with E-state index in [-0.39, 0.29) is 30.9 Å². The number of carbonyl (C=O) groups is 3. The van der Waals surface area contributed by atoms with Gasteiger partial charge in [-0.3, -0.25) is 14.5 Å². The number of benzene rings is 2. The van der Waals surface area contributed by atoms with E-state index in [0.717, 1.165) is 16.0 Å². The van der Waals surface area contributed by atoms with Gasteiger partial charge >= 0.3 is 6.03 Å². The highest BCUT2D eigenvalue weighted by Crippen LogP contribution is 2.19. The van der Waals surface area contributed by atoms with Crippen LogP contribution in [0, 0.1) is 0 Å². The highest BCUT2D eigenvalue weighted by Gasteiger charge is 2.28. The third-order valence-electron chi connectivity index (χ3n) is 4.92. The molecule has 1 atom stereocenters. The molecule has 3 rings (SSSR count). The van der Waals surface area contributed by atoms with E-state index in [2.05, 4.69) is 36.6 Å². The van der Waals surface area contributed by atoms with E-state index in [1.807, 2.05) is 19.1 Å². The molecule has 0 unspecified atom stereocenters. The van der Waals surface area contributed by atoms with Crippen LogP contribution in [-0.4, -0.2) is 29.3 Å². The van der Waals surface area contributed by atoms with Gasteiger partial charge in [0.05, 0.1) is 19.1 Å². The number of carbonyl (C=O) groups excluding carboxylic acids is 3. The zero-order valence-corrected chi connectivity index (χ0v) is 16.4. The predicted molar refractivity (Wildman–Crippen MR) is 107 cm³/mol. The second-order valence-electron chi connectivity index (χ2n) is 7.36.